The van der Waals surface area contributed by atoms with Crippen molar-refractivity contribution in [2.45, 2.75) is 6.18 Å². The number of hydrogen-bond acceptors (Lipinski definition) is 4. The lowest BCUT2D eigenvalue weighted by Crippen LogP contribution is -2.08. The van der Waals surface area contributed by atoms with Crippen LogP contribution in [0.25, 0.3) is 22.4 Å². The molecule has 3 aromatic rings. The molecule has 0 atom stereocenters. The fourth-order valence-corrected chi connectivity index (χ4v) is 2.03. The number of hydrogen-bond donors (Lipinski definition) is 1. The second-order valence-corrected chi connectivity index (χ2v) is 4.35. The van der Waals surface area contributed by atoms with Gasteiger partial charge in [0.05, 0.1) is 10.9 Å². The van der Waals surface area contributed by atoms with Gasteiger partial charge in [0.25, 0.3) is 0 Å². The van der Waals surface area contributed by atoms with Gasteiger partial charge in [0.2, 0.25) is 0 Å². The number of aromatic nitrogens is 3. The lowest BCUT2D eigenvalue weighted by Gasteiger charge is -2.12. The molecule has 0 radical (unpaired) electrons. The van der Waals surface area contributed by atoms with Gasteiger partial charge in [0.1, 0.15) is 5.82 Å². The van der Waals surface area contributed by atoms with Crippen LogP contribution in [0.4, 0.5) is 19.0 Å². The van der Waals surface area contributed by atoms with Gasteiger partial charge >= 0.3 is 6.18 Å². The van der Waals surface area contributed by atoms with Crippen LogP contribution >= 0.6 is 0 Å². The zero-order valence-electron chi connectivity index (χ0n) is 10.6. The van der Waals surface area contributed by atoms with Crippen molar-refractivity contribution in [2.75, 3.05) is 5.73 Å². The van der Waals surface area contributed by atoms with Crippen LogP contribution < -0.4 is 5.73 Å². The molecule has 1 aromatic carbocycles. The molecule has 0 aliphatic heterocycles. The second kappa shape index (κ2) is 4.69. The van der Waals surface area contributed by atoms with Gasteiger partial charge in [0, 0.05) is 11.8 Å². The van der Waals surface area contributed by atoms with Gasteiger partial charge in [-0.3, -0.25) is 0 Å². The van der Waals surface area contributed by atoms with Gasteiger partial charge in [-0.1, -0.05) is 18.2 Å². The summed E-state index contributed by atoms with van der Waals surface area (Å²) in [5.41, 5.74) is 5.12. The van der Waals surface area contributed by atoms with E-state index in [1.54, 1.807) is 12.1 Å². The maximum Gasteiger partial charge on any atom is 0.417 e. The predicted molar refractivity (Wildman–Crippen MR) is 72.2 cm³/mol. The Labute approximate surface area is 117 Å². The number of rotatable bonds is 1. The number of benzene rings is 1. The van der Waals surface area contributed by atoms with Gasteiger partial charge in [0.15, 0.2) is 11.5 Å². The molecule has 0 bridgehead atoms. The molecule has 0 unspecified atom stereocenters. The molecule has 2 N–H and O–H groups in total. The van der Waals surface area contributed by atoms with Gasteiger partial charge in [-0.25, -0.2) is 15.0 Å². The number of nitrogen functional groups attached to an aromatic ring is 1. The molecule has 0 saturated heterocycles. The number of nitrogens with two attached hydrogens (primary N) is 1. The molecule has 0 amide bonds. The Morgan fingerprint density at radius 1 is 0.952 bits per heavy atom. The zero-order valence-corrected chi connectivity index (χ0v) is 10.6. The van der Waals surface area contributed by atoms with Crippen LogP contribution in [0.3, 0.4) is 0 Å². The molecule has 3 rings (SSSR count). The van der Waals surface area contributed by atoms with E-state index in [-0.39, 0.29) is 22.9 Å². The fraction of sp³-hybridized carbons (Fsp3) is 0.0714. The number of anilines is 1. The average molecular weight is 290 g/mol. The van der Waals surface area contributed by atoms with Crippen molar-refractivity contribution in [2.24, 2.45) is 0 Å². The highest BCUT2D eigenvalue weighted by Gasteiger charge is 2.34. The van der Waals surface area contributed by atoms with Crippen LogP contribution in [0.15, 0.2) is 42.6 Å². The Morgan fingerprint density at radius 3 is 2.48 bits per heavy atom. The lowest BCUT2D eigenvalue weighted by atomic mass is 10.1. The van der Waals surface area contributed by atoms with Crippen molar-refractivity contribution in [3.63, 3.8) is 0 Å². The van der Waals surface area contributed by atoms with E-state index in [2.05, 4.69) is 15.0 Å². The van der Waals surface area contributed by atoms with E-state index >= 15 is 0 Å². The van der Waals surface area contributed by atoms with Crippen molar-refractivity contribution in [1.82, 2.24) is 15.0 Å². The summed E-state index contributed by atoms with van der Waals surface area (Å²) in [4.78, 5) is 12.1. The largest absolute Gasteiger partial charge is 0.417 e. The molecule has 0 aliphatic carbocycles. The number of nitrogens with zero attached hydrogens (tertiary/aromatic N) is 3. The summed E-state index contributed by atoms with van der Waals surface area (Å²) >= 11 is 0. The van der Waals surface area contributed by atoms with E-state index in [1.807, 2.05) is 0 Å². The lowest BCUT2D eigenvalue weighted by molar-refractivity contribution is -0.137. The SMILES string of the molecule is Nc1nc(-c2ccccc2C(F)(F)F)nc2ncccc12. The third-order valence-electron chi connectivity index (χ3n) is 2.97. The quantitative estimate of drug-likeness (QED) is 0.747. The maximum absolute atomic E-state index is 13.0. The number of alkyl halides is 3. The topological polar surface area (TPSA) is 64.7 Å². The average Bonchev–Trinajstić information content (AvgIpc) is 2.46. The van der Waals surface area contributed by atoms with Gasteiger partial charge < -0.3 is 5.73 Å². The Morgan fingerprint density at radius 2 is 1.71 bits per heavy atom. The zero-order chi connectivity index (χ0) is 15.0. The molecule has 7 heteroatoms. The Balaban J connectivity index is 2.27. The highest BCUT2D eigenvalue weighted by atomic mass is 19.4. The first kappa shape index (κ1) is 13.3. The summed E-state index contributed by atoms with van der Waals surface area (Å²) in [6.45, 7) is 0. The monoisotopic (exact) mass is 290 g/mol. The molecule has 0 spiro atoms. The molecule has 0 aliphatic rings. The van der Waals surface area contributed by atoms with Gasteiger partial charge in [-0.2, -0.15) is 13.2 Å². The first-order chi connectivity index (χ1) is 9.97. The minimum absolute atomic E-state index is 0.0911. The maximum atomic E-state index is 13.0. The van der Waals surface area contributed by atoms with Crippen LogP contribution in [-0.2, 0) is 6.18 Å². The highest BCUT2D eigenvalue weighted by Crippen LogP contribution is 2.36. The van der Waals surface area contributed by atoms with E-state index in [0.717, 1.165) is 6.07 Å². The highest BCUT2D eigenvalue weighted by molar-refractivity contribution is 5.86. The first-order valence-electron chi connectivity index (χ1n) is 6.01. The summed E-state index contributed by atoms with van der Waals surface area (Å²) in [5, 5.41) is 0.505. The summed E-state index contributed by atoms with van der Waals surface area (Å²) in [6, 6.07) is 8.42. The molecular formula is C14H9F3N4. The predicted octanol–water partition coefficient (Wildman–Crippen LogP) is 3.29. The van der Waals surface area contributed by atoms with Crippen molar-refractivity contribution in [3.8, 4) is 11.4 Å². The van der Waals surface area contributed by atoms with E-state index in [0.29, 0.717) is 5.39 Å². The molecule has 2 heterocycles. The molecule has 2 aromatic heterocycles. The van der Waals surface area contributed by atoms with E-state index < -0.39 is 11.7 Å². The molecule has 106 valence electrons. The van der Waals surface area contributed by atoms with Crippen molar-refractivity contribution in [3.05, 3.63) is 48.2 Å². The second-order valence-electron chi connectivity index (χ2n) is 4.35. The number of fused-ring (bicyclic) bond motifs is 1. The van der Waals surface area contributed by atoms with Gasteiger partial charge in [-0.05, 0) is 18.2 Å². The molecule has 4 nitrogen and oxygen atoms in total. The van der Waals surface area contributed by atoms with Crippen LogP contribution in [0, 0.1) is 0 Å². The molecule has 0 fully saturated rings. The summed E-state index contributed by atoms with van der Waals surface area (Å²) in [5.74, 6) is 0.00621. The summed E-state index contributed by atoms with van der Waals surface area (Å²) < 4.78 is 39.1. The van der Waals surface area contributed by atoms with E-state index in [9.17, 15) is 13.2 Å². The van der Waals surface area contributed by atoms with Crippen LogP contribution in [0.2, 0.25) is 0 Å². The van der Waals surface area contributed by atoms with Crippen LogP contribution in [-0.4, -0.2) is 15.0 Å². The third kappa shape index (κ3) is 2.37. The van der Waals surface area contributed by atoms with Crippen molar-refractivity contribution < 1.29 is 13.2 Å². The fourth-order valence-electron chi connectivity index (χ4n) is 2.03. The molecule has 21 heavy (non-hydrogen) atoms. The van der Waals surface area contributed by atoms with Crippen molar-refractivity contribution in [1.29, 1.82) is 0 Å². The van der Waals surface area contributed by atoms with Crippen LogP contribution in [0.5, 0.6) is 0 Å². The van der Waals surface area contributed by atoms with Crippen molar-refractivity contribution >= 4 is 16.9 Å². The third-order valence-corrected chi connectivity index (χ3v) is 2.97. The Kier molecular flexibility index (Phi) is 2.97. The minimum atomic E-state index is -4.49. The van der Waals surface area contributed by atoms with Crippen LogP contribution in [0.1, 0.15) is 5.56 Å². The number of pyridine rings is 1. The normalized spacial score (nSPS) is 11.8. The van der Waals surface area contributed by atoms with E-state index in [4.69, 9.17) is 5.73 Å². The Hall–Kier alpha value is -2.70. The van der Waals surface area contributed by atoms with Gasteiger partial charge in [-0.15, -0.1) is 0 Å². The smallest absolute Gasteiger partial charge is 0.383 e. The Bertz CT molecular complexity index is 815. The number of halogens is 3. The molecular weight excluding hydrogens is 281 g/mol. The summed E-state index contributed by atoms with van der Waals surface area (Å²) in [7, 11) is 0. The standard InChI is InChI=1S/C14H9F3N4/c15-14(16,17)10-6-2-1-4-8(10)13-20-11(18)9-5-3-7-19-12(9)21-13/h1-7H,(H2,18,19,20,21). The molecule has 0 saturated carbocycles. The van der Waals surface area contributed by atoms with E-state index in [1.165, 1.54) is 24.4 Å². The first-order valence-corrected chi connectivity index (χ1v) is 6.01. The minimum Gasteiger partial charge on any atom is -0.383 e. The summed E-state index contributed by atoms with van der Waals surface area (Å²) in [6.07, 6.45) is -3.00.